The molecule has 0 aliphatic rings. The maximum Gasteiger partial charge on any atom is 0.140 e. The zero-order valence-electron chi connectivity index (χ0n) is 21.6. The van der Waals surface area contributed by atoms with E-state index in [1.54, 1.807) is 0 Å². The van der Waals surface area contributed by atoms with Crippen molar-refractivity contribution in [3.8, 4) is 0 Å². The second-order valence-electron chi connectivity index (χ2n) is 6.65. The van der Waals surface area contributed by atoms with Gasteiger partial charge in [0.15, 0.2) is 0 Å². The Balaban J connectivity index is -0.0000000893. The monoisotopic (exact) mass is 401 g/mol. The number of rotatable bonds is 9. The predicted octanol–water partition coefficient (Wildman–Crippen LogP) is 10.7. The molecule has 0 heterocycles. The molecule has 0 aliphatic heterocycles. The highest BCUT2D eigenvalue weighted by Crippen LogP contribution is 2.11. The second kappa shape index (κ2) is 40.7. The summed E-state index contributed by atoms with van der Waals surface area (Å²) in [6.07, 6.45) is 14.0. The van der Waals surface area contributed by atoms with Gasteiger partial charge in [-0.15, -0.1) is 0 Å². The third kappa shape index (κ3) is 56.2. The zero-order valence-corrected chi connectivity index (χ0v) is 21.6. The van der Waals surface area contributed by atoms with Crippen LogP contribution in [0.2, 0.25) is 0 Å². The third-order valence-corrected chi connectivity index (χ3v) is 3.61. The molecule has 2 heteroatoms. The average molecular weight is 402 g/mol. The Morgan fingerprint density at radius 2 is 1.39 bits per heavy atom. The lowest BCUT2D eigenvalue weighted by Crippen LogP contribution is -1.90. The number of hydrogen-bond donors (Lipinski definition) is 0. The minimum atomic E-state index is -0.396. The first-order valence-corrected chi connectivity index (χ1v) is 11.9. The fraction of sp³-hybridized carbons (Fsp3) is 0.808. The Morgan fingerprint density at radius 3 is 1.68 bits per heavy atom. The summed E-state index contributed by atoms with van der Waals surface area (Å²) in [5, 5.41) is 0. The summed E-state index contributed by atoms with van der Waals surface area (Å²) in [5.74, 6) is 0.560. The summed E-state index contributed by atoms with van der Waals surface area (Å²) >= 11 is 0. The number of unbranched alkanes of at least 4 members (excludes halogenated alkanes) is 3. The van der Waals surface area contributed by atoms with Crippen molar-refractivity contribution in [2.75, 3.05) is 0 Å². The first-order chi connectivity index (χ1) is 13.3. The first kappa shape index (κ1) is 37.8. The molecule has 0 saturated heterocycles. The summed E-state index contributed by atoms with van der Waals surface area (Å²) in [5.41, 5.74) is 0.914. The van der Waals surface area contributed by atoms with Gasteiger partial charge in [0.2, 0.25) is 0 Å². The van der Waals surface area contributed by atoms with E-state index in [-0.39, 0.29) is 0 Å². The van der Waals surface area contributed by atoms with Crippen molar-refractivity contribution >= 4 is 5.71 Å². The number of aliphatic imine (C=N–C) groups is 1. The molecule has 1 nitrogen and oxygen atoms in total. The summed E-state index contributed by atoms with van der Waals surface area (Å²) in [6, 6.07) is 0. The van der Waals surface area contributed by atoms with Crippen molar-refractivity contribution in [1.29, 1.82) is 0 Å². The Hall–Kier alpha value is -0.920. The van der Waals surface area contributed by atoms with E-state index in [0.29, 0.717) is 0 Å². The fourth-order valence-corrected chi connectivity index (χ4v) is 1.26. The Labute approximate surface area is 180 Å². The van der Waals surface area contributed by atoms with E-state index in [0.717, 1.165) is 24.1 Å². The van der Waals surface area contributed by atoms with Gasteiger partial charge in [0.05, 0.1) is 6.20 Å². The van der Waals surface area contributed by atoms with Gasteiger partial charge in [-0.3, -0.25) is 4.99 Å². The molecule has 0 aromatic rings. The molecule has 1 unspecified atom stereocenters. The molecule has 0 aromatic heterocycles. The standard InChI is InChI=1S/C9H20.C8H12FN.C4H10.C3H8.C2H6/c1-4-6-7-8-9(3)5-2;1-4-7(3)10-6-8(9)5-2;1-3-4-2;1-3-2;1-2/h9H,4-8H2,1-3H3;5-6H,2,4H2,1,3H3;3-4H2,1-2H3;3H2,1-2H3;1-2H3/b;8-6+,10-7?;;;. The Kier molecular flexibility index (Phi) is 54.9. The molecule has 0 fully saturated rings. The largest absolute Gasteiger partial charge is 0.263 e. The van der Waals surface area contributed by atoms with Gasteiger partial charge in [-0.2, -0.15) is 0 Å². The van der Waals surface area contributed by atoms with E-state index >= 15 is 0 Å². The van der Waals surface area contributed by atoms with Crippen molar-refractivity contribution < 1.29 is 4.39 Å². The highest BCUT2D eigenvalue weighted by molar-refractivity contribution is 5.82. The van der Waals surface area contributed by atoms with Crippen LogP contribution >= 0.6 is 0 Å². The van der Waals surface area contributed by atoms with Crippen LogP contribution in [0.15, 0.2) is 29.7 Å². The second-order valence-corrected chi connectivity index (χ2v) is 6.65. The molecule has 0 N–H and O–H groups in total. The van der Waals surface area contributed by atoms with Gasteiger partial charge in [0.1, 0.15) is 5.83 Å². The minimum absolute atomic E-state index is 0.396. The van der Waals surface area contributed by atoms with Crippen molar-refractivity contribution in [3.05, 3.63) is 24.7 Å². The average Bonchev–Trinajstić information content (AvgIpc) is 2.74. The Bertz CT molecular complexity index is 304. The topological polar surface area (TPSA) is 12.4 Å². The van der Waals surface area contributed by atoms with E-state index in [2.05, 4.69) is 60.0 Å². The third-order valence-electron chi connectivity index (χ3n) is 3.61. The number of hydrogen-bond acceptors (Lipinski definition) is 1. The quantitative estimate of drug-likeness (QED) is 0.207. The lowest BCUT2D eigenvalue weighted by Gasteiger charge is -2.05. The summed E-state index contributed by atoms with van der Waals surface area (Å²) in [6.45, 7) is 26.6. The van der Waals surface area contributed by atoms with Gasteiger partial charge in [-0.25, -0.2) is 4.39 Å². The molecule has 0 rings (SSSR count). The summed E-state index contributed by atoms with van der Waals surface area (Å²) in [4.78, 5) is 3.82. The van der Waals surface area contributed by atoms with Crippen LogP contribution in [0.3, 0.4) is 0 Å². The number of allylic oxidation sites excluding steroid dienone is 2. The van der Waals surface area contributed by atoms with Crippen LogP contribution in [0.25, 0.3) is 0 Å². The minimum Gasteiger partial charge on any atom is -0.263 e. The maximum absolute atomic E-state index is 12.3. The van der Waals surface area contributed by atoms with E-state index in [4.69, 9.17) is 0 Å². The predicted molar refractivity (Wildman–Crippen MR) is 134 cm³/mol. The van der Waals surface area contributed by atoms with Crippen molar-refractivity contribution in [3.63, 3.8) is 0 Å². The van der Waals surface area contributed by atoms with Gasteiger partial charge in [0.25, 0.3) is 0 Å². The van der Waals surface area contributed by atoms with Crippen LogP contribution in [-0.4, -0.2) is 5.71 Å². The van der Waals surface area contributed by atoms with Crippen LogP contribution < -0.4 is 0 Å². The number of nitrogens with zero attached hydrogens (tertiary/aromatic N) is 1. The smallest absolute Gasteiger partial charge is 0.140 e. The summed E-state index contributed by atoms with van der Waals surface area (Å²) < 4.78 is 12.3. The lowest BCUT2D eigenvalue weighted by atomic mass is 10.0. The van der Waals surface area contributed by atoms with Gasteiger partial charge >= 0.3 is 0 Å². The van der Waals surface area contributed by atoms with Crippen LogP contribution in [0.4, 0.5) is 4.39 Å². The van der Waals surface area contributed by atoms with E-state index in [1.807, 2.05) is 27.7 Å². The van der Waals surface area contributed by atoms with Crippen LogP contribution in [0.5, 0.6) is 0 Å². The molecule has 1 atom stereocenters. The van der Waals surface area contributed by atoms with Crippen molar-refractivity contribution in [2.45, 2.75) is 134 Å². The maximum atomic E-state index is 12.3. The zero-order chi connectivity index (χ0) is 23.2. The molecule has 0 radical (unpaired) electrons. The van der Waals surface area contributed by atoms with Crippen LogP contribution in [-0.2, 0) is 0 Å². The first-order valence-electron chi connectivity index (χ1n) is 11.9. The normalized spacial score (nSPS) is 11.1. The molecular weight excluding hydrogens is 345 g/mol. The fourth-order valence-electron chi connectivity index (χ4n) is 1.26. The highest BCUT2D eigenvalue weighted by atomic mass is 19.1. The van der Waals surface area contributed by atoms with E-state index in [1.165, 1.54) is 57.6 Å². The molecular formula is C26H56FN. The molecule has 0 bridgehead atoms. The lowest BCUT2D eigenvalue weighted by molar-refractivity contribution is 0.482. The molecule has 0 saturated carbocycles. The van der Waals surface area contributed by atoms with Gasteiger partial charge in [-0.05, 0) is 25.3 Å². The molecule has 0 aliphatic carbocycles. The summed E-state index contributed by atoms with van der Waals surface area (Å²) in [7, 11) is 0. The Morgan fingerprint density at radius 1 is 0.929 bits per heavy atom. The highest BCUT2D eigenvalue weighted by Gasteiger charge is 1.95. The molecule has 0 spiro atoms. The molecule has 172 valence electrons. The van der Waals surface area contributed by atoms with E-state index in [9.17, 15) is 4.39 Å². The molecule has 0 amide bonds. The van der Waals surface area contributed by atoms with Crippen LogP contribution in [0, 0.1) is 5.92 Å². The van der Waals surface area contributed by atoms with Crippen molar-refractivity contribution in [1.82, 2.24) is 0 Å². The molecule has 0 aromatic carbocycles. The van der Waals surface area contributed by atoms with Gasteiger partial charge in [0, 0.05) is 5.71 Å². The van der Waals surface area contributed by atoms with Gasteiger partial charge in [-0.1, -0.05) is 127 Å². The van der Waals surface area contributed by atoms with E-state index < -0.39 is 5.83 Å². The number of halogens is 1. The SMILES string of the molecule is C=C/C(F)=C\N=C(C)CC.CC.CCC.CCCC.CCCCCC(C)CC. The van der Waals surface area contributed by atoms with Crippen molar-refractivity contribution in [2.24, 2.45) is 10.9 Å². The van der Waals surface area contributed by atoms with Gasteiger partial charge < -0.3 is 0 Å². The molecule has 28 heavy (non-hydrogen) atoms. The van der Waals surface area contributed by atoms with Crippen LogP contribution in [0.1, 0.15) is 134 Å².